The average molecular weight is 252 g/mol. The summed E-state index contributed by atoms with van der Waals surface area (Å²) in [5.41, 5.74) is 7.51. The Bertz CT molecular complexity index is 672. The second-order valence-electron chi connectivity index (χ2n) is 4.00. The van der Waals surface area contributed by atoms with E-state index in [-0.39, 0.29) is 0 Å². The van der Waals surface area contributed by atoms with Crippen LogP contribution in [0.5, 0.6) is 0 Å². The van der Waals surface area contributed by atoms with Crippen molar-refractivity contribution in [2.75, 3.05) is 5.73 Å². The Labute approximate surface area is 110 Å². The van der Waals surface area contributed by atoms with Gasteiger partial charge in [0.1, 0.15) is 0 Å². The number of rotatable bonds is 2. The SMILES string of the molecule is Nc1ccc(Sc2ccnc3ccccc23)cc1. The predicted molar refractivity (Wildman–Crippen MR) is 76.7 cm³/mol. The summed E-state index contributed by atoms with van der Waals surface area (Å²) in [5, 5.41) is 1.18. The molecule has 0 unspecified atom stereocenters. The summed E-state index contributed by atoms with van der Waals surface area (Å²) >= 11 is 1.73. The van der Waals surface area contributed by atoms with Gasteiger partial charge >= 0.3 is 0 Å². The highest BCUT2D eigenvalue weighted by Crippen LogP contribution is 2.32. The Morgan fingerprint density at radius 3 is 2.50 bits per heavy atom. The lowest BCUT2D eigenvalue weighted by atomic mass is 10.2. The fourth-order valence-electron chi connectivity index (χ4n) is 1.82. The van der Waals surface area contributed by atoms with Crippen LogP contribution in [0.4, 0.5) is 5.69 Å². The van der Waals surface area contributed by atoms with Crippen molar-refractivity contribution in [3.8, 4) is 0 Å². The Morgan fingerprint density at radius 1 is 0.889 bits per heavy atom. The van der Waals surface area contributed by atoms with Crippen molar-refractivity contribution in [2.45, 2.75) is 9.79 Å². The van der Waals surface area contributed by atoms with Gasteiger partial charge in [-0.05, 0) is 36.4 Å². The number of pyridine rings is 1. The molecule has 0 saturated carbocycles. The minimum atomic E-state index is 0.791. The summed E-state index contributed by atoms with van der Waals surface area (Å²) in [6.45, 7) is 0. The number of nitrogen functional groups attached to an aromatic ring is 1. The van der Waals surface area contributed by atoms with Crippen LogP contribution in [0.1, 0.15) is 0 Å². The van der Waals surface area contributed by atoms with Gasteiger partial charge in [-0.15, -0.1) is 0 Å². The number of nitrogens with zero attached hydrogens (tertiary/aromatic N) is 1. The molecular formula is C15H12N2S. The highest BCUT2D eigenvalue weighted by molar-refractivity contribution is 7.99. The second-order valence-corrected chi connectivity index (χ2v) is 5.11. The number of anilines is 1. The lowest BCUT2D eigenvalue weighted by molar-refractivity contribution is 1.34. The molecule has 88 valence electrons. The summed E-state index contributed by atoms with van der Waals surface area (Å²) < 4.78 is 0. The van der Waals surface area contributed by atoms with Gasteiger partial charge in [0.2, 0.25) is 0 Å². The molecule has 2 aromatic carbocycles. The van der Waals surface area contributed by atoms with Gasteiger partial charge < -0.3 is 5.73 Å². The van der Waals surface area contributed by atoms with Gasteiger partial charge in [-0.1, -0.05) is 30.0 Å². The normalized spacial score (nSPS) is 10.7. The molecule has 0 saturated heterocycles. The van der Waals surface area contributed by atoms with E-state index in [9.17, 15) is 0 Å². The number of fused-ring (bicyclic) bond motifs is 1. The first-order chi connectivity index (χ1) is 8.83. The van der Waals surface area contributed by atoms with Gasteiger partial charge in [0.25, 0.3) is 0 Å². The third-order valence-corrected chi connectivity index (χ3v) is 3.80. The van der Waals surface area contributed by atoms with E-state index in [0.29, 0.717) is 0 Å². The molecule has 0 radical (unpaired) electrons. The molecule has 1 aromatic heterocycles. The van der Waals surface area contributed by atoms with Gasteiger partial charge in [0.05, 0.1) is 5.52 Å². The highest BCUT2D eigenvalue weighted by Gasteiger charge is 2.03. The first-order valence-electron chi connectivity index (χ1n) is 5.70. The quantitative estimate of drug-likeness (QED) is 0.701. The number of para-hydroxylation sites is 1. The zero-order valence-electron chi connectivity index (χ0n) is 9.71. The van der Waals surface area contributed by atoms with Crippen molar-refractivity contribution in [1.82, 2.24) is 4.98 Å². The molecule has 3 aromatic rings. The lowest BCUT2D eigenvalue weighted by Gasteiger charge is -2.05. The molecule has 18 heavy (non-hydrogen) atoms. The van der Waals surface area contributed by atoms with E-state index in [1.165, 1.54) is 15.2 Å². The Morgan fingerprint density at radius 2 is 1.67 bits per heavy atom. The van der Waals surface area contributed by atoms with Crippen molar-refractivity contribution in [3.63, 3.8) is 0 Å². The number of nitrogens with two attached hydrogens (primary N) is 1. The van der Waals surface area contributed by atoms with Crippen LogP contribution in [-0.2, 0) is 0 Å². The summed E-state index contributed by atoms with van der Waals surface area (Å²) in [5.74, 6) is 0. The zero-order valence-corrected chi connectivity index (χ0v) is 10.5. The number of aromatic nitrogens is 1. The molecule has 0 spiro atoms. The Kier molecular flexibility index (Phi) is 2.90. The minimum Gasteiger partial charge on any atom is -0.399 e. The van der Waals surface area contributed by atoms with Gasteiger partial charge in [-0.2, -0.15) is 0 Å². The van der Waals surface area contributed by atoms with Crippen LogP contribution in [0, 0.1) is 0 Å². The zero-order chi connectivity index (χ0) is 12.4. The van der Waals surface area contributed by atoms with E-state index in [0.717, 1.165) is 11.2 Å². The maximum atomic E-state index is 5.69. The lowest BCUT2D eigenvalue weighted by Crippen LogP contribution is -1.84. The first-order valence-corrected chi connectivity index (χ1v) is 6.52. The summed E-state index contributed by atoms with van der Waals surface area (Å²) in [6, 6.07) is 18.1. The molecule has 2 nitrogen and oxygen atoms in total. The molecule has 0 aliphatic rings. The van der Waals surface area contributed by atoms with Crippen LogP contribution in [0.25, 0.3) is 10.9 Å². The molecule has 3 rings (SSSR count). The van der Waals surface area contributed by atoms with Crippen LogP contribution in [0.3, 0.4) is 0 Å². The van der Waals surface area contributed by atoms with E-state index in [4.69, 9.17) is 5.73 Å². The van der Waals surface area contributed by atoms with Crippen LogP contribution in [-0.4, -0.2) is 4.98 Å². The van der Waals surface area contributed by atoms with Crippen molar-refractivity contribution >= 4 is 28.4 Å². The predicted octanol–water partition coefficient (Wildman–Crippen LogP) is 3.97. The molecule has 2 N–H and O–H groups in total. The van der Waals surface area contributed by atoms with E-state index >= 15 is 0 Å². The molecule has 0 amide bonds. The summed E-state index contributed by atoms with van der Waals surface area (Å²) in [4.78, 5) is 6.76. The van der Waals surface area contributed by atoms with Crippen LogP contribution in [0.2, 0.25) is 0 Å². The van der Waals surface area contributed by atoms with E-state index < -0.39 is 0 Å². The van der Waals surface area contributed by atoms with Crippen molar-refractivity contribution in [2.24, 2.45) is 0 Å². The van der Waals surface area contributed by atoms with Crippen molar-refractivity contribution in [3.05, 3.63) is 60.8 Å². The second kappa shape index (κ2) is 4.70. The molecule has 0 aliphatic carbocycles. The van der Waals surface area contributed by atoms with Gasteiger partial charge in [-0.3, -0.25) is 4.98 Å². The first kappa shape index (κ1) is 11.1. The maximum absolute atomic E-state index is 5.69. The monoisotopic (exact) mass is 252 g/mol. The van der Waals surface area contributed by atoms with Crippen LogP contribution in [0.15, 0.2) is 70.6 Å². The van der Waals surface area contributed by atoms with Crippen molar-refractivity contribution in [1.29, 1.82) is 0 Å². The van der Waals surface area contributed by atoms with Crippen LogP contribution >= 0.6 is 11.8 Å². The molecule has 0 fully saturated rings. The molecule has 0 atom stereocenters. The molecular weight excluding hydrogens is 240 g/mol. The number of hydrogen-bond acceptors (Lipinski definition) is 3. The Hall–Kier alpha value is -2.00. The molecule has 0 bridgehead atoms. The molecule has 1 heterocycles. The fourth-order valence-corrected chi connectivity index (χ4v) is 2.76. The topological polar surface area (TPSA) is 38.9 Å². The highest BCUT2D eigenvalue weighted by atomic mass is 32.2. The summed E-state index contributed by atoms with van der Waals surface area (Å²) in [7, 11) is 0. The molecule has 0 aliphatic heterocycles. The number of benzene rings is 2. The minimum absolute atomic E-state index is 0.791. The van der Waals surface area contributed by atoms with Crippen LogP contribution < -0.4 is 5.73 Å². The Balaban J connectivity index is 2.02. The summed E-state index contributed by atoms with van der Waals surface area (Å²) in [6.07, 6.45) is 1.85. The third kappa shape index (κ3) is 2.17. The van der Waals surface area contributed by atoms with Gasteiger partial charge in [0, 0.05) is 27.1 Å². The van der Waals surface area contributed by atoms with Gasteiger partial charge in [0.15, 0.2) is 0 Å². The largest absolute Gasteiger partial charge is 0.399 e. The smallest absolute Gasteiger partial charge is 0.0713 e. The standard InChI is InChI=1S/C15H12N2S/c16-11-5-7-12(8-6-11)18-15-9-10-17-14-4-2-1-3-13(14)15/h1-10H,16H2. The van der Waals surface area contributed by atoms with Crippen molar-refractivity contribution < 1.29 is 0 Å². The average Bonchev–Trinajstić information content (AvgIpc) is 2.42. The van der Waals surface area contributed by atoms with E-state index in [2.05, 4.69) is 11.1 Å². The maximum Gasteiger partial charge on any atom is 0.0713 e. The fraction of sp³-hybridized carbons (Fsp3) is 0. The van der Waals surface area contributed by atoms with Gasteiger partial charge in [-0.25, -0.2) is 0 Å². The molecule has 3 heteroatoms. The van der Waals surface area contributed by atoms with E-state index in [1.807, 2.05) is 54.7 Å². The number of hydrogen-bond donors (Lipinski definition) is 1. The van der Waals surface area contributed by atoms with E-state index in [1.54, 1.807) is 11.8 Å². The third-order valence-electron chi connectivity index (χ3n) is 2.72.